The highest BCUT2D eigenvalue weighted by molar-refractivity contribution is 7.90. The molecule has 0 atom stereocenters. The van der Waals surface area contributed by atoms with Crippen LogP contribution in [0.1, 0.15) is 12.8 Å². The Labute approximate surface area is 102 Å². The van der Waals surface area contributed by atoms with Gasteiger partial charge in [-0.2, -0.15) is 4.31 Å². The molecule has 16 heavy (non-hydrogen) atoms. The van der Waals surface area contributed by atoms with Gasteiger partial charge in [0.05, 0.1) is 6.61 Å². The van der Waals surface area contributed by atoms with Gasteiger partial charge in [-0.25, -0.2) is 8.42 Å². The summed E-state index contributed by atoms with van der Waals surface area (Å²) in [6.07, 6.45) is 1.60. The summed E-state index contributed by atoms with van der Waals surface area (Å²) in [7, 11) is -1.40. The van der Waals surface area contributed by atoms with Crippen molar-refractivity contribution in [3.63, 3.8) is 0 Å². The van der Waals surface area contributed by atoms with Crippen LogP contribution in [0, 0.1) is 0 Å². The first kappa shape index (κ1) is 14.2. The lowest BCUT2D eigenvalue weighted by atomic mass is 10.1. The number of hydrogen-bond donors (Lipinski definition) is 1. The first-order chi connectivity index (χ1) is 7.51. The Morgan fingerprint density at radius 1 is 1.44 bits per heavy atom. The smallest absolute Gasteiger partial charge is 0.228 e. The molecule has 0 aromatic carbocycles. The molecule has 0 aliphatic carbocycles. The minimum atomic E-state index is -3.42. The molecule has 1 fully saturated rings. The largest absolute Gasteiger partial charge is 0.395 e. The number of alkyl halides is 1. The lowest BCUT2D eigenvalue weighted by molar-refractivity contribution is 0.161. The number of nitrogens with zero attached hydrogens (tertiary/aromatic N) is 2. The zero-order chi connectivity index (χ0) is 12.2. The quantitative estimate of drug-likeness (QED) is 0.709. The Morgan fingerprint density at radius 3 is 2.44 bits per heavy atom. The standard InChI is InChI=1S/C9H19ClN2O3S/c1-11-4-2-9(3-5-11)12(6-7-13)16(14,15)8-10/h9,13H,2-8H2,1H3. The molecule has 96 valence electrons. The van der Waals surface area contributed by atoms with Gasteiger partial charge in [0.25, 0.3) is 0 Å². The third kappa shape index (κ3) is 3.56. The summed E-state index contributed by atoms with van der Waals surface area (Å²) >= 11 is 5.45. The molecular weight excluding hydrogens is 252 g/mol. The molecule has 1 heterocycles. The fourth-order valence-electron chi connectivity index (χ4n) is 1.99. The monoisotopic (exact) mass is 270 g/mol. The predicted molar refractivity (Wildman–Crippen MR) is 64.0 cm³/mol. The maximum atomic E-state index is 11.7. The Hall–Kier alpha value is 0.120. The number of likely N-dealkylation sites (tertiary alicyclic amines) is 1. The molecule has 0 amide bonds. The van der Waals surface area contributed by atoms with Crippen molar-refractivity contribution < 1.29 is 13.5 Å². The van der Waals surface area contributed by atoms with E-state index in [9.17, 15) is 8.42 Å². The van der Waals surface area contributed by atoms with Crippen molar-refractivity contribution in [3.05, 3.63) is 0 Å². The van der Waals surface area contributed by atoms with E-state index < -0.39 is 15.2 Å². The van der Waals surface area contributed by atoms with Gasteiger partial charge in [-0.3, -0.25) is 0 Å². The fraction of sp³-hybridized carbons (Fsp3) is 1.00. The van der Waals surface area contributed by atoms with Crippen LogP contribution in [0.4, 0.5) is 0 Å². The molecule has 1 aliphatic heterocycles. The van der Waals surface area contributed by atoms with E-state index >= 15 is 0 Å². The third-order valence-corrected chi connectivity index (χ3v) is 5.21. The Balaban J connectivity index is 2.70. The maximum absolute atomic E-state index is 11.7. The van der Waals surface area contributed by atoms with Crippen LogP contribution < -0.4 is 0 Å². The van der Waals surface area contributed by atoms with E-state index in [-0.39, 0.29) is 19.2 Å². The van der Waals surface area contributed by atoms with Crippen LogP contribution >= 0.6 is 11.6 Å². The summed E-state index contributed by atoms with van der Waals surface area (Å²) < 4.78 is 24.8. The highest BCUT2D eigenvalue weighted by Crippen LogP contribution is 2.19. The van der Waals surface area contributed by atoms with Crippen molar-refractivity contribution in [2.45, 2.75) is 18.9 Å². The van der Waals surface area contributed by atoms with E-state index in [0.29, 0.717) is 0 Å². The van der Waals surface area contributed by atoms with Crippen molar-refractivity contribution in [2.24, 2.45) is 0 Å². The van der Waals surface area contributed by atoms with Crippen LogP contribution in [-0.4, -0.2) is 67.3 Å². The van der Waals surface area contributed by atoms with Crippen molar-refractivity contribution in [1.29, 1.82) is 0 Å². The minimum Gasteiger partial charge on any atom is -0.395 e. The van der Waals surface area contributed by atoms with Crippen LogP contribution in [0.2, 0.25) is 0 Å². The summed E-state index contributed by atoms with van der Waals surface area (Å²) in [5.74, 6) is 0. The van der Waals surface area contributed by atoms with E-state index in [4.69, 9.17) is 16.7 Å². The van der Waals surface area contributed by atoms with Gasteiger partial charge in [-0.05, 0) is 33.0 Å². The second-order valence-corrected chi connectivity index (χ2v) is 6.60. The van der Waals surface area contributed by atoms with Crippen molar-refractivity contribution in [1.82, 2.24) is 9.21 Å². The number of piperidine rings is 1. The summed E-state index contributed by atoms with van der Waals surface area (Å²) in [5, 5.41) is 8.50. The molecule has 0 spiro atoms. The predicted octanol–water partition coefficient (Wildman–Crippen LogP) is -0.0990. The molecule has 1 saturated heterocycles. The van der Waals surface area contributed by atoms with Gasteiger partial charge >= 0.3 is 0 Å². The summed E-state index contributed by atoms with van der Waals surface area (Å²) in [5.41, 5.74) is 0. The molecule has 0 radical (unpaired) electrons. The van der Waals surface area contributed by atoms with E-state index in [1.807, 2.05) is 7.05 Å². The van der Waals surface area contributed by atoms with Gasteiger partial charge in [0.15, 0.2) is 0 Å². The SMILES string of the molecule is CN1CCC(N(CCO)S(=O)(=O)CCl)CC1. The molecule has 5 nitrogen and oxygen atoms in total. The number of sulfonamides is 1. The molecule has 0 saturated carbocycles. The number of rotatable bonds is 5. The zero-order valence-corrected chi connectivity index (χ0v) is 11.0. The summed E-state index contributed by atoms with van der Waals surface area (Å²) in [6, 6.07) is -0.0212. The normalized spacial score (nSPS) is 20.5. The van der Waals surface area contributed by atoms with Gasteiger partial charge in [0, 0.05) is 12.6 Å². The highest BCUT2D eigenvalue weighted by Gasteiger charge is 2.30. The van der Waals surface area contributed by atoms with Gasteiger partial charge in [-0.1, -0.05) is 0 Å². The molecule has 1 N–H and O–H groups in total. The second kappa shape index (κ2) is 6.16. The fourth-order valence-corrected chi connectivity index (χ4v) is 3.52. The topological polar surface area (TPSA) is 60.9 Å². The van der Waals surface area contributed by atoms with Gasteiger partial charge in [0.2, 0.25) is 10.0 Å². The lowest BCUT2D eigenvalue weighted by Gasteiger charge is -2.35. The van der Waals surface area contributed by atoms with Crippen molar-refractivity contribution >= 4 is 21.6 Å². The highest BCUT2D eigenvalue weighted by atomic mass is 35.5. The molecule has 0 unspecified atom stereocenters. The Kier molecular flexibility index (Phi) is 5.46. The third-order valence-electron chi connectivity index (χ3n) is 2.91. The molecule has 1 rings (SSSR count). The minimum absolute atomic E-state index is 0.0212. The summed E-state index contributed by atoms with van der Waals surface area (Å²) in [4.78, 5) is 2.17. The molecule has 7 heteroatoms. The number of hydrogen-bond acceptors (Lipinski definition) is 4. The van der Waals surface area contributed by atoms with Gasteiger partial charge in [-0.15, -0.1) is 11.6 Å². The van der Waals surface area contributed by atoms with E-state index in [0.717, 1.165) is 25.9 Å². The number of aliphatic hydroxyl groups is 1. The van der Waals surface area contributed by atoms with Crippen LogP contribution in [0.5, 0.6) is 0 Å². The van der Waals surface area contributed by atoms with Gasteiger partial charge in [0.1, 0.15) is 5.21 Å². The Bertz CT molecular complexity index is 302. The molecular formula is C9H19ClN2O3S. The summed E-state index contributed by atoms with van der Waals surface area (Å²) in [6.45, 7) is 1.74. The first-order valence-electron chi connectivity index (χ1n) is 5.36. The van der Waals surface area contributed by atoms with Crippen LogP contribution in [-0.2, 0) is 10.0 Å². The Morgan fingerprint density at radius 2 is 2.00 bits per heavy atom. The maximum Gasteiger partial charge on any atom is 0.228 e. The number of aliphatic hydroxyl groups excluding tert-OH is 1. The van der Waals surface area contributed by atoms with Crippen LogP contribution in [0.25, 0.3) is 0 Å². The molecule has 0 aromatic rings. The van der Waals surface area contributed by atoms with Crippen LogP contribution in [0.3, 0.4) is 0 Å². The van der Waals surface area contributed by atoms with Crippen LogP contribution in [0.15, 0.2) is 0 Å². The molecule has 1 aliphatic rings. The van der Waals surface area contributed by atoms with E-state index in [1.54, 1.807) is 0 Å². The molecule has 0 bridgehead atoms. The first-order valence-corrected chi connectivity index (χ1v) is 7.50. The zero-order valence-electron chi connectivity index (χ0n) is 9.47. The average Bonchev–Trinajstić information content (AvgIpc) is 2.27. The van der Waals surface area contributed by atoms with Gasteiger partial charge < -0.3 is 10.0 Å². The van der Waals surface area contributed by atoms with Crippen molar-refractivity contribution in [2.75, 3.05) is 38.5 Å². The van der Waals surface area contributed by atoms with E-state index in [1.165, 1.54) is 4.31 Å². The molecule has 0 aromatic heterocycles. The van der Waals surface area contributed by atoms with E-state index in [2.05, 4.69) is 4.90 Å². The van der Waals surface area contributed by atoms with Crippen molar-refractivity contribution in [3.8, 4) is 0 Å². The second-order valence-electron chi connectivity index (χ2n) is 4.09. The average molecular weight is 271 g/mol. The lowest BCUT2D eigenvalue weighted by Crippen LogP contribution is -2.47. The number of halogens is 1.